The Kier molecular flexibility index (Phi) is 6.43. The summed E-state index contributed by atoms with van der Waals surface area (Å²) in [5, 5.41) is 9.24. The summed E-state index contributed by atoms with van der Waals surface area (Å²) in [6.07, 6.45) is 0. The molecule has 3 aromatic rings. The summed E-state index contributed by atoms with van der Waals surface area (Å²) >= 11 is 7.78. The van der Waals surface area contributed by atoms with Gasteiger partial charge in [0.25, 0.3) is 0 Å². The first kappa shape index (κ1) is 22.2. The van der Waals surface area contributed by atoms with E-state index in [1.165, 1.54) is 18.9 Å². The molecule has 0 spiro atoms. The van der Waals surface area contributed by atoms with E-state index in [1.807, 2.05) is 74.4 Å². The number of nitrogens with zero attached hydrogens (tertiary/aromatic N) is 4. The van der Waals surface area contributed by atoms with Crippen molar-refractivity contribution in [1.29, 1.82) is 0 Å². The van der Waals surface area contributed by atoms with Gasteiger partial charge in [-0.15, -0.1) is 5.10 Å². The average molecular weight is 470 g/mol. The quantitative estimate of drug-likeness (QED) is 0.412. The van der Waals surface area contributed by atoms with Gasteiger partial charge in [-0.2, -0.15) is 4.98 Å². The van der Waals surface area contributed by atoms with Crippen LogP contribution >= 0.6 is 23.4 Å². The number of anilines is 2. The van der Waals surface area contributed by atoms with Gasteiger partial charge in [0.15, 0.2) is 0 Å². The van der Waals surface area contributed by atoms with Gasteiger partial charge in [0.1, 0.15) is 6.04 Å². The molecule has 0 amide bonds. The Balaban J connectivity index is 1.70. The number of aromatic nitrogens is 3. The second-order valence-electron chi connectivity index (χ2n) is 7.59. The largest absolute Gasteiger partial charge is 0.466 e. The van der Waals surface area contributed by atoms with Gasteiger partial charge in [0.2, 0.25) is 11.1 Å². The monoisotopic (exact) mass is 469 g/mol. The van der Waals surface area contributed by atoms with Crippen LogP contribution in [0.3, 0.4) is 0 Å². The van der Waals surface area contributed by atoms with E-state index >= 15 is 0 Å². The molecule has 1 atom stereocenters. The number of allylic oxidation sites excluding steroid dienone is 1. The summed E-state index contributed by atoms with van der Waals surface area (Å²) in [4.78, 5) is 19.4. The van der Waals surface area contributed by atoms with Gasteiger partial charge in [-0.3, -0.25) is 0 Å². The predicted octanol–water partition coefficient (Wildman–Crippen LogP) is 4.75. The zero-order valence-corrected chi connectivity index (χ0v) is 19.9. The van der Waals surface area contributed by atoms with Gasteiger partial charge in [-0.05, 0) is 36.2 Å². The SMILES string of the molecule is COC(=O)C1=C(C)Nc2nc(SCc3ccccc3Cl)nn2C1c1ccc(N(C)C)cc1. The molecule has 1 N–H and O–H groups in total. The lowest BCUT2D eigenvalue weighted by atomic mass is 9.95. The molecule has 7 nitrogen and oxygen atoms in total. The fourth-order valence-corrected chi connectivity index (χ4v) is 4.70. The average Bonchev–Trinajstić information content (AvgIpc) is 3.19. The molecule has 1 aliphatic heterocycles. The van der Waals surface area contributed by atoms with Crippen molar-refractivity contribution in [2.24, 2.45) is 0 Å². The molecule has 2 aromatic carbocycles. The highest BCUT2D eigenvalue weighted by molar-refractivity contribution is 7.98. The summed E-state index contributed by atoms with van der Waals surface area (Å²) in [5.74, 6) is 0.823. The number of carbonyl (C=O) groups excluding carboxylic acids is 1. The molecule has 32 heavy (non-hydrogen) atoms. The fraction of sp³-hybridized carbons (Fsp3) is 0.261. The van der Waals surface area contributed by atoms with E-state index in [-0.39, 0.29) is 0 Å². The van der Waals surface area contributed by atoms with E-state index < -0.39 is 12.0 Å². The van der Waals surface area contributed by atoms with E-state index in [0.717, 1.165) is 16.8 Å². The first-order chi connectivity index (χ1) is 15.4. The van der Waals surface area contributed by atoms with Crippen LogP contribution in [0.25, 0.3) is 0 Å². The van der Waals surface area contributed by atoms with E-state index in [0.29, 0.717) is 33.2 Å². The highest BCUT2D eigenvalue weighted by atomic mass is 35.5. The number of hydrogen-bond acceptors (Lipinski definition) is 7. The maximum Gasteiger partial charge on any atom is 0.338 e. The lowest BCUT2D eigenvalue weighted by molar-refractivity contribution is -0.136. The number of halogens is 1. The van der Waals surface area contributed by atoms with Crippen LogP contribution in [0.1, 0.15) is 24.1 Å². The molecule has 4 rings (SSSR count). The van der Waals surface area contributed by atoms with E-state index in [1.54, 1.807) is 4.68 Å². The zero-order chi connectivity index (χ0) is 22.8. The number of methoxy groups -OCH3 is 1. The molecule has 166 valence electrons. The van der Waals surface area contributed by atoms with Gasteiger partial charge < -0.3 is 15.0 Å². The van der Waals surface area contributed by atoms with Crippen LogP contribution in [0.4, 0.5) is 11.6 Å². The molecule has 0 saturated heterocycles. The van der Waals surface area contributed by atoms with Crippen LogP contribution in [0.5, 0.6) is 0 Å². The number of esters is 1. The van der Waals surface area contributed by atoms with Crippen LogP contribution in [0, 0.1) is 0 Å². The first-order valence-electron chi connectivity index (χ1n) is 10.0. The second-order valence-corrected chi connectivity index (χ2v) is 8.94. The minimum absolute atomic E-state index is 0.400. The molecule has 0 saturated carbocycles. The summed E-state index contributed by atoms with van der Waals surface area (Å²) in [6, 6.07) is 15.3. The van der Waals surface area contributed by atoms with Gasteiger partial charge in [0.05, 0.1) is 12.7 Å². The molecular weight excluding hydrogens is 446 g/mol. The number of fused-ring (bicyclic) bond motifs is 1. The Bertz CT molecular complexity index is 1170. The molecule has 0 aliphatic carbocycles. The van der Waals surface area contributed by atoms with Crippen molar-refractivity contribution in [3.05, 3.63) is 76.0 Å². The van der Waals surface area contributed by atoms with Crippen LogP contribution in [-0.2, 0) is 15.3 Å². The summed E-state index contributed by atoms with van der Waals surface area (Å²) in [7, 11) is 5.36. The van der Waals surface area contributed by atoms with E-state index in [9.17, 15) is 4.79 Å². The number of benzene rings is 2. The summed E-state index contributed by atoms with van der Waals surface area (Å²) in [6.45, 7) is 1.85. The topological polar surface area (TPSA) is 72.3 Å². The number of ether oxygens (including phenoxy) is 1. The number of carbonyl (C=O) groups is 1. The highest BCUT2D eigenvalue weighted by Crippen LogP contribution is 2.37. The van der Waals surface area contributed by atoms with Gasteiger partial charge in [0, 0.05) is 36.3 Å². The third-order valence-electron chi connectivity index (χ3n) is 5.28. The molecule has 1 unspecified atom stereocenters. The van der Waals surface area contributed by atoms with Crippen molar-refractivity contribution in [3.8, 4) is 0 Å². The minimum atomic E-state index is -0.447. The Morgan fingerprint density at radius 2 is 1.94 bits per heavy atom. The minimum Gasteiger partial charge on any atom is -0.466 e. The van der Waals surface area contributed by atoms with Crippen molar-refractivity contribution in [2.45, 2.75) is 23.9 Å². The maximum absolute atomic E-state index is 12.7. The van der Waals surface area contributed by atoms with Crippen LogP contribution in [0.2, 0.25) is 5.02 Å². The molecule has 0 bridgehead atoms. The Labute approximate surface area is 196 Å². The van der Waals surface area contributed by atoms with Crippen molar-refractivity contribution in [2.75, 3.05) is 31.4 Å². The Morgan fingerprint density at radius 1 is 1.22 bits per heavy atom. The highest BCUT2D eigenvalue weighted by Gasteiger charge is 2.35. The van der Waals surface area contributed by atoms with Crippen molar-refractivity contribution < 1.29 is 9.53 Å². The van der Waals surface area contributed by atoms with Crippen LogP contribution < -0.4 is 10.2 Å². The van der Waals surface area contributed by atoms with E-state index in [2.05, 4.69) is 10.3 Å². The number of rotatable bonds is 6. The molecule has 0 radical (unpaired) electrons. The number of nitrogens with one attached hydrogen (secondary N) is 1. The molecule has 2 heterocycles. The van der Waals surface area contributed by atoms with Crippen molar-refractivity contribution in [3.63, 3.8) is 0 Å². The van der Waals surface area contributed by atoms with Crippen LogP contribution in [0.15, 0.2) is 65.0 Å². The number of thioether (sulfide) groups is 1. The van der Waals surface area contributed by atoms with Gasteiger partial charge in [-0.1, -0.05) is 53.7 Å². The normalized spacial score (nSPS) is 15.2. The van der Waals surface area contributed by atoms with Gasteiger partial charge in [-0.25, -0.2) is 9.48 Å². The molecule has 0 fully saturated rings. The smallest absolute Gasteiger partial charge is 0.338 e. The summed E-state index contributed by atoms with van der Waals surface area (Å²) in [5.41, 5.74) is 4.20. The molecule has 9 heteroatoms. The molecular formula is C23H24ClN5O2S. The lowest BCUT2D eigenvalue weighted by Crippen LogP contribution is -2.29. The molecule has 1 aliphatic rings. The van der Waals surface area contributed by atoms with Crippen molar-refractivity contribution >= 4 is 41.0 Å². The van der Waals surface area contributed by atoms with Crippen molar-refractivity contribution in [1.82, 2.24) is 14.8 Å². The Hall–Kier alpha value is -2.97. The first-order valence-corrected chi connectivity index (χ1v) is 11.4. The predicted molar refractivity (Wildman–Crippen MR) is 128 cm³/mol. The summed E-state index contributed by atoms with van der Waals surface area (Å²) < 4.78 is 6.84. The third-order valence-corrected chi connectivity index (χ3v) is 6.53. The molecule has 1 aromatic heterocycles. The third kappa shape index (κ3) is 4.33. The standard InChI is InChI=1S/C23H24ClN5O2S/c1-14-19(21(30)31-4)20(15-9-11-17(12-10-15)28(2)3)29-22(25-14)26-23(27-29)32-13-16-7-5-6-8-18(16)24/h5-12,20H,13H2,1-4H3,(H,25,26,27). The van der Waals surface area contributed by atoms with Gasteiger partial charge >= 0.3 is 5.97 Å². The fourth-order valence-electron chi connectivity index (χ4n) is 3.59. The second kappa shape index (κ2) is 9.26. The van der Waals surface area contributed by atoms with Crippen LogP contribution in [-0.4, -0.2) is 41.9 Å². The van der Waals surface area contributed by atoms with E-state index in [4.69, 9.17) is 21.4 Å². The number of hydrogen-bond donors (Lipinski definition) is 1. The maximum atomic E-state index is 12.7. The lowest BCUT2D eigenvalue weighted by Gasteiger charge is -2.28. The zero-order valence-electron chi connectivity index (χ0n) is 18.3. The Morgan fingerprint density at radius 3 is 2.59 bits per heavy atom.